The van der Waals surface area contributed by atoms with Crippen molar-refractivity contribution in [1.82, 2.24) is 5.32 Å². The van der Waals surface area contributed by atoms with E-state index in [-0.39, 0.29) is 11.9 Å². The lowest BCUT2D eigenvalue weighted by Crippen LogP contribution is -2.35. The van der Waals surface area contributed by atoms with Gasteiger partial charge in [0.2, 0.25) is 5.91 Å². The van der Waals surface area contributed by atoms with Gasteiger partial charge in [-0.3, -0.25) is 4.79 Å². The van der Waals surface area contributed by atoms with Gasteiger partial charge in [0.1, 0.15) is 0 Å². The smallest absolute Gasteiger partial charge is 0.221 e. The lowest BCUT2D eigenvalue weighted by Gasteiger charge is -2.11. The van der Waals surface area contributed by atoms with Gasteiger partial charge in [-0.05, 0) is 12.8 Å². The van der Waals surface area contributed by atoms with Crippen molar-refractivity contribution < 1.29 is 9.90 Å². The molecule has 0 saturated carbocycles. The molecule has 0 aliphatic carbocycles. The summed E-state index contributed by atoms with van der Waals surface area (Å²) >= 11 is 0. The normalized spacial score (nSPS) is 15.1. The molecule has 0 aromatic carbocycles. The number of rotatable bonds is 6. The number of hydrogen-bond donors (Lipinski definition) is 3. The standard InChI is InChI=1S/C9H20N2O2/c1-3-7(10)5-9(13)11-6-8(12)4-2/h7-8,12H,3-6,10H2,1-2H3,(H,11,13). The molecule has 0 saturated heterocycles. The number of aliphatic hydroxyl groups is 1. The summed E-state index contributed by atoms with van der Waals surface area (Å²) < 4.78 is 0. The fourth-order valence-corrected chi connectivity index (χ4v) is 0.831. The van der Waals surface area contributed by atoms with E-state index in [1.807, 2.05) is 13.8 Å². The van der Waals surface area contributed by atoms with Crippen LogP contribution >= 0.6 is 0 Å². The SMILES string of the molecule is CCC(N)CC(=O)NCC(O)CC. The number of hydrogen-bond acceptors (Lipinski definition) is 3. The monoisotopic (exact) mass is 188 g/mol. The summed E-state index contributed by atoms with van der Waals surface area (Å²) in [6.07, 6.45) is 1.35. The van der Waals surface area contributed by atoms with Crippen LogP contribution in [0.5, 0.6) is 0 Å². The third kappa shape index (κ3) is 6.54. The second-order valence-corrected chi connectivity index (χ2v) is 3.24. The van der Waals surface area contributed by atoms with Crippen molar-refractivity contribution in [3.8, 4) is 0 Å². The van der Waals surface area contributed by atoms with Crippen LogP contribution < -0.4 is 11.1 Å². The molecule has 4 heteroatoms. The molecule has 0 radical (unpaired) electrons. The van der Waals surface area contributed by atoms with Crippen molar-refractivity contribution in [2.75, 3.05) is 6.54 Å². The van der Waals surface area contributed by atoms with Gasteiger partial charge in [0.25, 0.3) is 0 Å². The Balaban J connectivity index is 3.51. The highest BCUT2D eigenvalue weighted by Crippen LogP contribution is 1.93. The van der Waals surface area contributed by atoms with E-state index in [2.05, 4.69) is 5.32 Å². The van der Waals surface area contributed by atoms with Crippen LogP contribution in [0.1, 0.15) is 33.1 Å². The third-order valence-electron chi connectivity index (χ3n) is 1.98. The minimum absolute atomic E-state index is 0.0706. The Morgan fingerprint density at radius 2 is 2.08 bits per heavy atom. The van der Waals surface area contributed by atoms with Crippen LogP contribution in [0.3, 0.4) is 0 Å². The lowest BCUT2D eigenvalue weighted by atomic mass is 10.1. The zero-order chi connectivity index (χ0) is 10.3. The number of nitrogens with one attached hydrogen (secondary N) is 1. The van der Waals surface area contributed by atoms with Crippen LogP contribution in [0, 0.1) is 0 Å². The molecule has 1 amide bonds. The molecule has 0 rings (SSSR count). The van der Waals surface area contributed by atoms with E-state index in [1.165, 1.54) is 0 Å². The molecule has 0 aliphatic rings. The number of aliphatic hydroxyl groups excluding tert-OH is 1. The molecule has 0 aliphatic heterocycles. The van der Waals surface area contributed by atoms with Gasteiger partial charge in [-0.2, -0.15) is 0 Å². The van der Waals surface area contributed by atoms with Crippen LogP contribution in [0.25, 0.3) is 0 Å². The highest BCUT2D eigenvalue weighted by molar-refractivity contribution is 5.76. The summed E-state index contributed by atoms with van der Waals surface area (Å²) in [5.74, 6) is -0.0816. The van der Waals surface area contributed by atoms with Crippen molar-refractivity contribution in [2.45, 2.75) is 45.3 Å². The van der Waals surface area contributed by atoms with Crippen molar-refractivity contribution in [2.24, 2.45) is 5.73 Å². The van der Waals surface area contributed by atoms with Gasteiger partial charge < -0.3 is 16.2 Å². The Hall–Kier alpha value is -0.610. The highest BCUT2D eigenvalue weighted by Gasteiger charge is 2.08. The van der Waals surface area contributed by atoms with E-state index in [0.717, 1.165) is 6.42 Å². The van der Waals surface area contributed by atoms with Crippen molar-refractivity contribution in [1.29, 1.82) is 0 Å². The molecule has 2 unspecified atom stereocenters. The highest BCUT2D eigenvalue weighted by atomic mass is 16.3. The molecule has 2 atom stereocenters. The summed E-state index contributed by atoms with van der Waals surface area (Å²) in [4.78, 5) is 11.1. The summed E-state index contributed by atoms with van der Waals surface area (Å²) in [5.41, 5.74) is 5.59. The molecule has 13 heavy (non-hydrogen) atoms. The van der Waals surface area contributed by atoms with Gasteiger partial charge in [0.15, 0.2) is 0 Å². The average molecular weight is 188 g/mol. The van der Waals surface area contributed by atoms with Crippen LogP contribution in [0.15, 0.2) is 0 Å². The Bertz CT molecular complexity index is 151. The second-order valence-electron chi connectivity index (χ2n) is 3.24. The molecule has 4 N–H and O–H groups in total. The van der Waals surface area contributed by atoms with Gasteiger partial charge in [-0.25, -0.2) is 0 Å². The molecule has 0 aromatic heterocycles. The first-order chi connectivity index (χ1) is 6.10. The predicted molar refractivity (Wildman–Crippen MR) is 52.2 cm³/mol. The molecule has 0 bridgehead atoms. The largest absolute Gasteiger partial charge is 0.391 e. The van der Waals surface area contributed by atoms with E-state index in [9.17, 15) is 4.79 Å². The maximum atomic E-state index is 11.1. The fourth-order valence-electron chi connectivity index (χ4n) is 0.831. The summed E-state index contributed by atoms with van der Waals surface area (Å²) in [5, 5.41) is 11.8. The fraction of sp³-hybridized carbons (Fsp3) is 0.889. The van der Waals surface area contributed by atoms with Crippen molar-refractivity contribution in [3.05, 3.63) is 0 Å². The van der Waals surface area contributed by atoms with E-state index in [1.54, 1.807) is 0 Å². The van der Waals surface area contributed by atoms with Gasteiger partial charge in [-0.1, -0.05) is 13.8 Å². The summed E-state index contributed by atoms with van der Waals surface area (Å²) in [6.45, 7) is 4.14. The summed E-state index contributed by atoms with van der Waals surface area (Å²) in [7, 11) is 0. The third-order valence-corrected chi connectivity index (χ3v) is 1.98. The van der Waals surface area contributed by atoms with Crippen molar-refractivity contribution >= 4 is 5.91 Å². The van der Waals surface area contributed by atoms with E-state index in [0.29, 0.717) is 19.4 Å². The zero-order valence-corrected chi connectivity index (χ0v) is 8.42. The van der Waals surface area contributed by atoms with E-state index in [4.69, 9.17) is 10.8 Å². The molecule has 4 nitrogen and oxygen atoms in total. The number of amides is 1. The maximum Gasteiger partial charge on any atom is 0.221 e. The first kappa shape index (κ1) is 12.4. The van der Waals surface area contributed by atoms with Crippen LogP contribution in [-0.2, 0) is 4.79 Å². The lowest BCUT2D eigenvalue weighted by molar-refractivity contribution is -0.121. The minimum Gasteiger partial charge on any atom is -0.391 e. The minimum atomic E-state index is -0.443. The molecule has 78 valence electrons. The van der Waals surface area contributed by atoms with Gasteiger partial charge >= 0.3 is 0 Å². The molecule has 0 spiro atoms. The van der Waals surface area contributed by atoms with Crippen LogP contribution in [-0.4, -0.2) is 29.7 Å². The Morgan fingerprint density at radius 3 is 2.54 bits per heavy atom. The van der Waals surface area contributed by atoms with Gasteiger partial charge in [0, 0.05) is 19.0 Å². The maximum absolute atomic E-state index is 11.1. The first-order valence-corrected chi connectivity index (χ1v) is 4.80. The Morgan fingerprint density at radius 1 is 1.46 bits per heavy atom. The first-order valence-electron chi connectivity index (χ1n) is 4.80. The van der Waals surface area contributed by atoms with Gasteiger partial charge in [-0.15, -0.1) is 0 Å². The average Bonchev–Trinajstić information content (AvgIpc) is 2.13. The Kier molecular flexibility index (Phi) is 6.54. The number of nitrogens with two attached hydrogens (primary N) is 1. The molecule has 0 heterocycles. The Labute approximate surface area is 79.5 Å². The van der Waals surface area contributed by atoms with E-state index < -0.39 is 6.10 Å². The topological polar surface area (TPSA) is 75.4 Å². The summed E-state index contributed by atoms with van der Waals surface area (Å²) in [6, 6.07) is -0.0706. The number of carbonyl (C=O) groups is 1. The molecular formula is C9H20N2O2. The zero-order valence-electron chi connectivity index (χ0n) is 8.42. The van der Waals surface area contributed by atoms with E-state index >= 15 is 0 Å². The molecule has 0 fully saturated rings. The van der Waals surface area contributed by atoms with Crippen molar-refractivity contribution in [3.63, 3.8) is 0 Å². The van der Waals surface area contributed by atoms with Crippen LogP contribution in [0.4, 0.5) is 0 Å². The molecular weight excluding hydrogens is 168 g/mol. The number of carbonyl (C=O) groups excluding carboxylic acids is 1. The molecule has 0 aromatic rings. The predicted octanol–water partition coefficient (Wildman–Crippen LogP) is 0.000900. The quantitative estimate of drug-likeness (QED) is 0.549. The second kappa shape index (κ2) is 6.86. The van der Waals surface area contributed by atoms with Gasteiger partial charge in [0.05, 0.1) is 6.10 Å². The van der Waals surface area contributed by atoms with Crippen LogP contribution in [0.2, 0.25) is 0 Å².